The van der Waals surface area contributed by atoms with Gasteiger partial charge in [0.05, 0.1) is 24.9 Å². The molecule has 0 atom stereocenters. The summed E-state index contributed by atoms with van der Waals surface area (Å²) in [6, 6.07) is 7.32. The van der Waals surface area contributed by atoms with Crippen molar-refractivity contribution < 1.29 is 9.53 Å². The second-order valence-corrected chi connectivity index (χ2v) is 4.18. The van der Waals surface area contributed by atoms with Crippen molar-refractivity contribution in [3.63, 3.8) is 0 Å². The lowest BCUT2D eigenvalue weighted by Crippen LogP contribution is -2.15. The van der Waals surface area contributed by atoms with E-state index < -0.39 is 0 Å². The van der Waals surface area contributed by atoms with Crippen molar-refractivity contribution in [2.24, 2.45) is 0 Å². The number of nitrogens with zero attached hydrogens (tertiary/aromatic N) is 1. The molecule has 0 spiro atoms. The Balaban J connectivity index is 1.99. The summed E-state index contributed by atoms with van der Waals surface area (Å²) in [4.78, 5) is 11.8. The Morgan fingerprint density at radius 2 is 2.11 bits per heavy atom. The van der Waals surface area contributed by atoms with Gasteiger partial charge in [-0.15, -0.1) is 0 Å². The molecule has 6 nitrogen and oxygen atoms in total. The second kappa shape index (κ2) is 5.43. The first-order valence-corrected chi connectivity index (χ1v) is 5.83. The maximum Gasteiger partial charge on any atom is 0.230 e. The molecule has 0 radical (unpaired) electrons. The molecule has 0 fully saturated rings. The first-order valence-electron chi connectivity index (χ1n) is 5.83. The van der Waals surface area contributed by atoms with Crippen molar-refractivity contribution in [3.8, 4) is 5.75 Å². The number of carbonyl (C=O) groups excluding carboxylic acids is 1. The van der Waals surface area contributed by atoms with Crippen molar-refractivity contribution in [1.82, 2.24) is 10.2 Å². The van der Waals surface area contributed by atoms with Crippen molar-refractivity contribution in [1.29, 1.82) is 0 Å². The summed E-state index contributed by atoms with van der Waals surface area (Å²) in [5.41, 5.74) is 7.85. The largest absolute Gasteiger partial charge is 0.497 e. The van der Waals surface area contributed by atoms with Gasteiger partial charge in [-0.25, -0.2) is 0 Å². The van der Waals surface area contributed by atoms with Crippen LogP contribution < -0.4 is 15.8 Å². The predicted molar refractivity (Wildman–Crippen MR) is 73.1 cm³/mol. The average molecular weight is 260 g/mol. The SMILES string of the molecule is COc1ccc(CC(=O)Nc2n[nH]c(C)c2N)cc1. The molecule has 2 aromatic rings. The van der Waals surface area contributed by atoms with E-state index in [1.165, 1.54) is 0 Å². The molecule has 2 rings (SSSR count). The fourth-order valence-corrected chi connectivity index (χ4v) is 1.64. The topological polar surface area (TPSA) is 93.0 Å². The molecular weight excluding hydrogens is 244 g/mol. The lowest BCUT2D eigenvalue weighted by atomic mass is 10.1. The summed E-state index contributed by atoms with van der Waals surface area (Å²) in [6.45, 7) is 1.79. The minimum atomic E-state index is -0.164. The van der Waals surface area contributed by atoms with Gasteiger partial charge >= 0.3 is 0 Å². The van der Waals surface area contributed by atoms with Crippen LogP contribution in [0.15, 0.2) is 24.3 Å². The number of H-pyrrole nitrogens is 1. The van der Waals surface area contributed by atoms with Crippen molar-refractivity contribution in [2.45, 2.75) is 13.3 Å². The summed E-state index contributed by atoms with van der Waals surface area (Å²) >= 11 is 0. The predicted octanol–water partition coefficient (Wildman–Crippen LogP) is 1.49. The molecule has 1 amide bonds. The number of nitrogens with two attached hydrogens (primary N) is 1. The van der Waals surface area contributed by atoms with Crippen LogP contribution in [0.5, 0.6) is 5.75 Å². The highest BCUT2D eigenvalue weighted by Crippen LogP contribution is 2.18. The molecule has 0 aliphatic carbocycles. The summed E-state index contributed by atoms with van der Waals surface area (Å²) in [7, 11) is 1.60. The minimum absolute atomic E-state index is 0.164. The van der Waals surface area contributed by atoms with Gasteiger partial charge in [0.2, 0.25) is 5.91 Å². The molecule has 6 heteroatoms. The second-order valence-electron chi connectivity index (χ2n) is 4.18. The zero-order chi connectivity index (χ0) is 13.8. The number of methoxy groups -OCH3 is 1. The maximum absolute atomic E-state index is 11.8. The van der Waals surface area contributed by atoms with Gasteiger partial charge < -0.3 is 15.8 Å². The third-order valence-electron chi connectivity index (χ3n) is 2.78. The lowest BCUT2D eigenvalue weighted by Gasteiger charge is -2.04. The number of hydrogen-bond donors (Lipinski definition) is 3. The Bertz CT molecular complexity index is 575. The highest BCUT2D eigenvalue weighted by Gasteiger charge is 2.10. The van der Waals surface area contributed by atoms with Gasteiger partial charge in [0.15, 0.2) is 5.82 Å². The third-order valence-corrected chi connectivity index (χ3v) is 2.78. The molecule has 19 heavy (non-hydrogen) atoms. The number of rotatable bonds is 4. The van der Waals surface area contributed by atoms with Gasteiger partial charge in [0.1, 0.15) is 5.75 Å². The zero-order valence-electron chi connectivity index (χ0n) is 10.9. The van der Waals surface area contributed by atoms with E-state index in [4.69, 9.17) is 10.5 Å². The number of anilines is 2. The number of aromatic amines is 1. The van der Waals surface area contributed by atoms with Crippen LogP contribution in [-0.2, 0) is 11.2 Å². The smallest absolute Gasteiger partial charge is 0.230 e. The monoisotopic (exact) mass is 260 g/mol. The fourth-order valence-electron chi connectivity index (χ4n) is 1.64. The van der Waals surface area contributed by atoms with Gasteiger partial charge in [0.25, 0.3) is 0 Å². The molecule has 0 saturated carbocycles. The Hall–Kier alpha value is -2.50. The molecule has 0 aliphatic heterocycles. The molecule has 4 N–H and O–H groups in total. The van der Waals surface area contributed by atoms with E-state index >= 15 is 0 Å². The molecule has 1 heterocycles. The van der Waals surface area contributed by atoms with E-state index in [0.29, 0.717) is 11.5 Å². The Morgan fingerprint density at radius 3 is 2.63 bits per heavy atom. The van der Waals surface area contributed by atoms with Gasteiger partial charge in [-0.1, -0.05) is 12.1 Å². The molecule has 1 aromatic carbocycles. The Kier molecular flexibility index (Phi) is 3.70. The van der Waals surface area contributed by atoms with Crippen LogP contribution in [0.4, 0.5) is 11.5 Å². The number of nitrogens with one attached hydrogen (secondary N) is 2. The van der Waals surface area contributed by atoms with Crippen molar-refractivity contribution >= 4 is 17.4 Å². The highest BCUT2D eigenvalue weighted by molar-refractivity contribution is 5.94. The molecule has 0 bridgehead atoms. The lowest BCUT2D eigenvalue weighted by molar-refractivity contribution is -0.115. The minimum Gasteiger partial charge on any atom is -0.497 e. The molecule has 0 aliphatic rings. The summed E-state index contributed by atoms with van der Waals surface area (Å²) < 4.78 is 5.06. The highest BCUT2D eigenvalue weighted by atomic mass is 16.5. The van der Waals surface area contributed by atoms with Gasteiger partial charge in [0, 0.05) is 0 Å². The zero-order valence-corrected chi connectivity index (χ0v) is 10.9. The standard InChI is InChI=1S/C13H16N4O2/c1-8-12(14)13(17-16-8)15-11(18)7-9-3-5-10(19-2)6-4-9/h3-6H,7,14H2,1-2H3,(H2,15,16,17,18). The first kappa shape index (κ1) is 12.9. The van der Waals surface area contributed by atoms with Gasteiger partial charge in [-0.2, -0.15) is 5.10 Å². The van der Waals surface area contributed by atoms with E-state index in [0.717, 1.165) is 17.0 Å². The average Bonchev–Trinajstić information content (AvgIpc) is 2.71. The van der Waals surface area contributed by atoms with Crippen LogP contribution in [-0.4, -0.2) is 23.2 Å². The number of aromatic nitrogens is 2. The Labute approximate surface area is 111 Å². The van der Waals surface area contributed by atoms with Crippen LogP contribution in [0.1, 0.15) is 11.3 Å². The molecular formula is C13H16N4O2. The first-order chi connectivity index (χ1) is 9.10. The number of ether oxygens (including phenoxy) is 1. The number of hydrogen-bond acceptors (Lipinski definition) is 4. The van der Waals surface area contributed by atoms with Crippen LogP contribution in [0.25, 0.3) is 0 Å². The number of carbonyl (C=O) groups is 1. The molecule has 1 aromatic heterocycles. The van der Waals surface area contributed by atoms with Crippen LogP contribution in [0.2, 0.25) is 0 Å². The van der Waals surface area contributed by atoms with Gasteiger partial charge in [-0.3, -0.25) is 9.89 Å². The fraction of sp³-hybridized carbons (Fsp3) is 0.231. The summed E-state index contributed by atoms with van der Waals surface area (Å²) in [5.74, 6) is 0.968. The number of nitrogen functional groups attached to an aromatic ring is 1. The maximum atomic E-state index is 11.8. The summed E-state index contributed by atoms with van der Waals surface area (Å²) in [6.07, 6.45) is 0.259. The van der Waals surface area contributed by atoms with E-state index in [-0.39, 0.29) is 12.3 Å². The summed E-state index contributed by atoms with van der Waals surface area (Å²) in [5, 5.41) is 9.31. The normalized spacial score (nSPS) is 10.2. The van der Waals surface area contributed by atoms with Crippen molar-refractivity contribution in [2.75, 3.05) is 18.2 Å². The molecule has 0 unspecified atom stereocenters. The number of aryl methyl sites for hydroxylation is 1. The van der Waals surface area contributed by atoms with Gasteiger partial charge in [-0.05, 0) is 24.6 Å². The number of benzene rings is 1. The van der Waals surface area contributed by atoms with E-state index in [2.05, 4.69) is 15.5 Å². The van der Waals surface area contributed by atoms with Crippen LogP contribution in [0, 0.1) is 6.92 Å². The third kappa shape index (κ3) is 3.04. The van der Waals surface area contributed by atoms with E-state index in [1.54, 1.807) is 14.0 Å². The van der Waals surface area contributed by atoms with E-state index in [1.807, 2.05) is 24.3 Å². The quantitative estimate of drug-likeness (QED) is 0.776. The van der Waals surface area contributed by atoms with E-state index in [9.17, 15) is 4.79 Å². The molecule has 100 valence electrons. The van der Waals surface area contributed by atoms with Crippen LogP contribution in [0.3, 0.4) is 0 Å². The number of amides is 1. The Morgan fingerprint density at radius 1 is 1.42 bits per heavy atom. The van der Waals surface area contributed by atoms with Crippen LogP contribution >= 0.6 is 0 Å². The van der Waals surface area contributed by atoms with Crippen molar-refractivity contribution in [3.05, 3.63) is 35.5 Å². The molecule has 0 saturated heterocycles.